The molecule has 10 nitrogen and oxygen atoms in total. The Hall–Kier alpha value is -3.40. The van der Waals surface area contributed by atoms with Crippen molar-refractivity contribution in [3.63, 3.8) is 0 Å². The Morgan fingerprint density at radius 1 is 1.29 bits per heavy atom. The quantitative estimate of drug-likeness (QED) is 0.598. The van der Waals surface area contributed by atoms with E-state index >= 15 is 0 Å². The lowest BCUT2D eigenvalue weighted by Gasteiger charge is -2.26. The number of likely N-dealkylation sites (N-methyl/N-ethyl adjacent to an activating group) is 1. The first-order chi connectivity index (χ1) is 14.9. The number of hydrogen-bond donors (Lipinski definition) is 3. The standard InChI is InChI=1S/C21H25N7O3/c1-4-28-16-10-14-13(9-12(16)21(2,3)19(28)29)23-18(24-14)17-15(11-22-26-17)25-20(30)27-5-7-31-8-6-27/h9-11H,4-8H2,1-3H3,(H,22,26)(H,23,24)(H,25,30). The lowest BCUT2D eigenvalue weighted by molar-refractivity contribution is -0.122. The summed E-state index contributed by atoms with van der Waals surface area (Å²) in [6.07, 6.45) is 1.64. The van der Waals surface area contributed by atoms with Crippen molar-refractivity contribution in [2.75, 3.05) is 43.1 Å². The smallest absolute Gasteiger partial charge is 0.322 e. The van der Waals surface area contributed by atoms with Gasteiger partial charge < -0.3 is 24.8 Å². The predicted octanol–water partition coefficient (Wildman–Crippen LogP) is 2.46. The number of rotatable bonds is 3. The molecule has 3 amide bonds. The number of aromatic nitrogens is 4. The number of urea groups is 1. The fourth-order valence-electron chi connectivity index (χ4n) is 4.28. The highest BCUT2D eigenvalue weighted by Gasteiger charge is 2.43. The molecule has 1 saturated heterocycles. The molecule has 0 spiro atoms. The molecule has 0 unspecified atom stereocenters. The van der Waals surface area contributed by atoms with Gasteiger partial charge in [-0.2, -0.15) is 5.10 Å². The van der Waals surface area contributed by atoms with Gasteiger partial charge in [-0.05, 0) is 38.5 Å². The Labute approximate surface area is 179 Å². The van der Waals surface area contributed by atoms with Crippen molar-refractivity contribution in [1.82, 2.24) is 25.1 Å². The van der Waals surface area contributed by atoms with E-state index in [4.69, 9.17) is 9.72 Å². The molecule has 2 aliphatic heterocycles. The fraction of sp³-hybridized carbons (Fsp3) is 0.429. The minimum absolute atomic E-state index is 0.0956. The molecule has 10 heteroatoms. The van der Waals surface area contributed by atoms with Crippen LogP contribution in [0.3, 0.4) is 0 Å². The normalized spacial score (nSPS) is 18.0. The third kappa shape index (κ3) is 3.05. The summed E-state index contributed by atoms with van der Waals surface area (Å²) in [4.78, 5) is 36.9. The van der Waals surface area contributed by atoms with Crippen LogP contribution in [0, 0.1) is 0 Å². The molecule has 0 saturated carbocycles. The maximum atomic E-state index is 12.8. The van der Waals surface area contributed by atoms with Gasteiger partial charge in [0.1, 0.15) is 0 Å². The lowest BCUT2D eigenvalue weighted by atomic mass is 9.86. The summed E-state index contributed by atoms with van der Waals surface area (Å²) in [6, 6.07) is 3.74. The number of aromatic amines is 2. The van der Waals surface area contributed by atoms with Crippen LogP contribution in [0.5, 0.6) is 0 Å². The Morgan fingerprint density at radius 3 is 2.81 bits per heavy atom. The second-order valence-corrected chi connectivity index (χ2v) is 8.32. The third-order valence-electron chi connectivity index (χ3n) is 6.06. The monoisotopic (exact) mass is 423 g/mol. The number of fused-ring (bicyclic) bond motifs is 2. The summed E-state index contributed by atoms with van der Waals surface area (Å²) in [5, 5.41) is 10.0. The molecule has 1 aromatic carbocycles. The Bertz CT molecular complexity index is 1170. The number of hydrogen-bond acceptors (Lipinski definition) is 5. The Kier molecular flexibility index (Phi) is 4.47. The molecule has 3 aromatic rings. The molecule has 2 aromatic heterocycles. The molecule has 2 aliphatic rings. The van der Waals surface area contributed by atoms with Crippen molar-refractivity contribution in [1.29, 1.82) is 0 Å². The number of nitrogens with zero attached hydrogens (tertiary/aromatic N) is 4. The first kappa shape index (κ1) is 19.6. The van der Waals surface area contributed by atoms with Gasteiger partial charge in [0.05, 0.1) is 41.0 Å². The van der Waals surface area contributed by atoms with Crippen LogP contribution >= 0.6 is 0 Å². The summed E-state index contributed by atoms with van der Waals surface area (Å²) < 4.78 is 5.30. The van der Waals surface area contributed by atoms with Crippen LogP contribution in [-0.2, 0) is 14.9 Å². The van der Waals surface area contributed by atoms with Crippen molar-refractivity contribution in [3.8, 4) is 11.5 Å². The van der Waals surface area contributed by atoms with Gasteiger partial charge in [0.25, 0.3) is 0 Å². The molecule has 162 valence electrons. The van der Waals surface area contributed by atoms with E-state index in [9.17, 15) is 9.59 Å². The van der Waals surface area contributed by atoms with E-state index in [2.05, 4.69) is 20.5 Å². The van der Waals surface area contributed by atoms with Gasteiger partial charge in [-0.25, -0.2) is 9.78 Å². The van der Waals surface area contributed by atoms with Gasteiger partial charge in [0.15, 0.2) is 11.5 Å². The van der Waals surface area contributed by atoms with E-state index in [0.29, 0.717) is 50.1 Å². The van der Waals surface area contributed by atoms with Gasteiger partial charge in [-0.3, -0.25) is 9.89 Å². The van der Waals surface area contributed by atoms with E-state index in [1.54, 1.807) is 16.0 Å². The summed E-state index contributed by atoms with van der Waals surface area (Å²) in [5.41, 5.74) is 3.92. The zero-order chi connectivity index (χ0) is 21.8. The van der Waals surface area contributed by atoms with E-state index in [-0.39, 0.29) is 11.9 Å². The average molecular weight is 423 g/mol. The van der Waals surface area contributed by atoms with Crippen molar-refractivity contribution in [2.24, 2.45) is 0 Å². The number of amides is 3. The molecule has 0 atom stereocenters. The van der Waals surface area contributed by atoms with Crippen LogP contribution < -0.4 is 10.2 Å². The van der Waals surface area contributed by atoms with Gasteiger partial charge in [-0.15, -0.1) is 0 Å². The largest absolute Gasteiger partial charge is 0.378 e. The Morgan fingerprint density at radius 2 is 2.06 bits per heavy atom. The molecule has 5 rings (SSSR count). The molecule has 31 heavy (non-hydrogen) atoms. The fourth-order valence-corrected chi connectivity index (χ4v) is 4.28. The molecule has 0 aliphatic carbocycles. The summed E-state index contributed by atoms with van der Waals surface area (Å²) in [5.74, 6) is 0.641. The van der Waals surface area contributed by atoms with E-state index in [0.717, 1.165) is 22.3 Å². The average Bonchev–Trinajstić information content (AvgIpc) is 3.43. The maximum absolute atomic E-state index is 12.8. The minimum atomic E-state index is -0.589. The molecule has 3 N–H and O–H groups in total. The number of anilines is 2. The van der Waals surface area contributed by atoms with Crippen LogP contribution in [-0.4, -0.2) is 69.9 Å². The van der Waals surface area contributed by atoms with Crippen LogP contribution in [0.25, 0.3) is 22.6 Å². The second-order valence-electron chi connectivity index (χ2n) is 8.32. The van der Waals surface area contributed by atoms with Crippen molar-refractivity contribution in [3.05, 3.63) is 23.9 Å². The van der Waals surface area contributed by atoms with Crippen molar-refractivity contribution < 1.29 is 14.3 Å². The molecule has 1 fully saturated rings. The number of nitrogens with one attached hydrogen (secondary N) is 3. The first-order valence-electron chi connectivity index (χ1n) is 10.4. The number of imidazole rings is 1. The number of carbonyl (C=O) groups excluding carboxylic acids is 2. The van der Waals surface area contributed by atoms with E-state index in [1.807, 2.05) is 32.9 Å². The molecule has 0 bridgehead atoms. The van der Waals surface area contributed by atoms with Gasteiger partial charge in [0, 0.05) is 25.8 Å². The maximum Gasteiger partial charge on any atom is 0.322 e. The predicted molar refractivity (Wildman–Crippen MR) is 116 cm³/mol. The number of carbonyl (C=O) groups is 2. The van der Waals surface area contributed by atoms with E-state index in [1.165, 1.54) is 0 Å². The van der Waals surface area contributed by atoms with Gasteiger partial charge in [0.2, 0.25) is 5.91 Å². The van der Waals surface area contributed by atoms with E-state index < -0.39 is 5.41 Å². The third-order valence-corrected chi connectivity index (χ3v) is 6.06. The van der Waals surface area contributed by atoms with Crippen LogP contribution in [0.1, 0.15) is 26.3 Å². The molecule has 0 radical (unpaired) electrons. The molecular formula is C21H25N7O3. The zero-order valence-electron chi connectivity index (χ0n) is 17.8. The number of H-pyrrole nitrogens is 2. The summed E-state index contributed by atoms with van der Waals surface area (Å²) in [7, 11) is 0. The first-order valence-corrected chi connectivity index (χ1v) is 10.4. The zero-order valence-corrected chi connectivity index (χ0v) is 17.8. The lowest BCUT2D eigenvalue weighted by Crippen LogP contribution is -2.43. The SMILES string of the molecule is CCN1C(=O)C(C)(C)c2cc3[nH]c(-c4n[nH]cc4NC(=O)N4CCOCC4)nc3cc21. The minimum Gasteiger partial charge on any atom is -0.378 e. The number of morpholine rings is 1. The topological polar surface area (TPSA) is 119 Å². The number of benzene rings is 1. The van der Waals surface area contributed by atoms with Crippen LogP contribution in [0.15, 0.2) is 18.3 Å². The highest BCUT2D eigenvalue weighted by molar-refractivity contribution is 6.09. The molecule has 4 heterocycles. The van der Waals surface area contributed by atoms with Crippen molar-refractivity contribution in [2.45, 2.75) is 26.2 Å². The highest BCUT2D eigenvalue weighted by atomic mass is 16.5. The number of ether oxygens (including phenoxy) is 1. The highest BCUT2D eigenvalue weighted by Crippen LogP contribution is 2.43. The van der Waals surface area contributed by atoms with Crippen LogP contribution in [0.4, 0.5) is 16.2 Å². The second kappa shape index (κ2) is 7.09. The van der Waals surface area contributed by atoms with Gasteiger partial charge in [-0.1, -0.05) is 0 Å². The molecular weight excluding hydrogens is 398 g/mol. The summed E-state index contributed by atoms with van der Waals surface area (Å²) in [6.45, 7) is 8.64. The Balaban J connectivity index is 1.48. The van der Waals surface area contributed by atoms with Gasteiger partial charge >= 0.3 is 6.03 Å². The van der Waals surface area contributed by atoms with Crippen LogP contribution in [0.2, 0.25) is 0 Å². The summed E-state index contributed by atoms with van der Waals surface area (Å²) >= 11 is 0. The van der Waals surface area contributed by atoms with Crippen molar-refractivity contribution >= 4 is 34.3 Å².